The topological polar surface area (TPSA) is 29.5 Å². The van der Waals surface area contributed by atoms with Crippen molar-refractivity contribution in [2.75, 3.05) is 0 Å². The number of rotatable bonds is 3. The lowest BCUT2D eigenvalue weighted by Crippen LogP contribution is -2.06. The third kappa shape index (κ3) is 2.78. The molecule has 0 aromatic heterocycles. The van der Waals surface area contributed by atoms with Crippen LogP contribution in [0.1, 0.15) is 13.8 Å². The first-order valence-corrected chi connectivity index (χ1v) is 5.72. The molecule has 0 aliphatic rings. The number of para-hydroxylation sites is 1. The van der Waals surface area contributed by atoms with Gasteiger partial charge in [0.25, 0.3) is 0 Å². The lowest BCUT2D eigenvalue weighted by atomic mass is 10.0. The Morgan fingerprint density at radius 2 is 1.76 bits per heavy atom. The van der Waals surface area contributed by atoms with Crippen molar-refractivity contribution in [3.63, 3.8) is 0 Å². The van der Waals surface area contributed by atoms with E-state index in [2.05, 4.69) is 0 Å². The lowest BCUT2D eigenvalue weighted by molar-refractivity contribution is 0.243. The van der Waals surface area contributed by atoms with Crippen LogP contribution in [0, 0.1) is 0 Å². The molecule has 0 radical (unpaired) electrons. The summed E-state index contributed by atoms with van der Waals surface area (Å²) in [4.78, 5) is 0. The molecule has 0 amide bonds. The highest BCUT2D eigenvalue weighted by Crippen LogP contribution is 2.31. The first-order valence-electron chi connectivity index (χ1n) is 5.72. The monoisotopic (exact) mass is 228 g/mol. The summed E-state index contributed by atoms with van der Waals surface area (Å²) in [5.74, 6) is 1.11. The van der Waals surface area contributed by atoms with Crippen molar-refractivity contribution < 1.29 is 9.84 Å². The quantitative estimate of drug-likeness (QED) is 0.864. The fourth-order valence-electron chi connectivity index (χ4n) is 1.74. The van der Waals surface area contributed by atoms with Gasteiger partial charge in [0.15, 0.2) is 0 Å². The molecular formula is C15H16O2. The average Bonchev–Trinajstić information content (AvgIpc) is 2.29. The maximum atomic E-state index is 9.51. The van der Waals surface area contributed by atoms with E-state index in [4.69, 9.17) is 4.74 Å². The number of aromatic hydroxyl groups is 1. The third-order valence-corrected chi connectivity index (χ3v) is 2.41. The molecule has 17 heavy (non-hydrogen) atoms. The molecule has 2 nitrogen and oxygen atoms in total. The van der Waals surface area contributed by atoms with Crippen LogP contribution in [0.25, 0.3) is 11.1 Å². The smallest absolute Gasteiger partial charge is 0.127 e. The van der Waals surface area contributed by atoms with Gasteiger partial charge in [-0.15, -0.1) is 0 Å². The SMILES string of the molecule is CC(C)Oc1ccccc1-c1cccc(O)c1. The van der Waals surface area contributed by atoms with Gasteiger partial charge in [0.05, 0.1) is 6.10 Å². The van der Waals surface area contributed by atoms with Gasteiger partial charge in [-0.2, -0.15) is 0 Å². The van der Waals surface area contributed by atoms with E-state index >= 15 is 0 Å². The first kappa shape index (κ1) is 11.5. The molecule has 0 aliphatic heterocycles. The minimum atomic E-state index is 0.133. The fourth-order valence-corrected chi connectivity index (χ4v) is 1.74. The molecule has 0 saturated carbocycles. The zero-order valence-corrected chi connectivity index (χ0v) is 10.1. The summed E-state index contributed by atoms with van der Waals surface area (Å²) in [5, 5.41) is 9.51. The Morgan fingerprint density at radius 3 is 2.47 bits per heavy atom. The molecule has 0 heterocycles. The predicted molar refractivity (Wildman–Crippen MR) is 69.3 cm³/mol. The Bertz CT molecular complexity index is 504. The zero-order valence-electron chi connectivity index (χ0n) is 10.1. The van der Waals surface area contributed by atoms with Crippen molar-refractivity contribution >= 4 is 0 Å². The van der Waals surface area contributed by atoms with Crippen molar-refractivity contribution in [3.8, 4) is 22.6 Å². The van der Waals surface area contributed by atoms with Gasteiger partial charge in [0.2, 0.25) is 0 Å². The highest BCUT2D eigenvalue weighted by atomic mass is 16.5. The maximum absolute atomic E-state index is 9.51. The second-order valence-corrected chi connectivity index (χ2v) is 4.21. The summed E-state index contributed by atoms with van der Waals surface area (Å²) >= 11 is 0. The van der Waals surface area contributed by atoms with Crippen molar-refractivity contribution in [3.05, 3.63) is 48.5 Å². The van der Waals surface area contributed by atoms with Crippen LogP contribution < -0.4 is 4.74 Å². The molecule has 2 aromatic carbocycles. The molecule has 0 fully saturated rings. The third-order valence-electron chi connectivity index (χ3n) is 2.41. The Balaban J connectivity index is 2.44. The number of benzene rings is 2. The summed E-state index contributed by atoms with van der Waals surface area (Å²) in [7, 11) is 0. The molecule has 0 atom stereocenters. The Hall–Kier alpha value is -1.96. The van der Waals surface area contributed by atoms with Gasteiger partial charge in [0.1, 0.15) is 11.5 Å². The van der Waals surface area contributed by atoms with Crippen LogP contribution in [0.4, 0.5) is 0 Å². The van der Waals surface area contributed by atoms with E-state index in [-0.39, 0.29) is 11.9 Å². The predicted octanol–water partition coefficient (Wildman–Crippen LogP) is 3.85. The number of hydrogen-bond donors (Lipinski definition) is 1. The molecule has 0 spiro atoms. The highest BCUT2D eigenvalue weighted by Gasteiger charge is 2.07. The van der Waals surface area contributed by atoms with E-state index < -0.39 is 0 Å². The van der Waals surface area contributed by atoms with Crippen molar-refractivity contribution in [1.82, 2.24) is 0 Å². The number of phenolic OH excluding ortho intramolecular Hbond substituents is 1. The van der Waals surface area contributed by atoms with Crippen LogP contribution >= 0.6 is 0 Å². The summed E-state index contributed by atoms with van der Waals surface area (Å²) in [5.41, 5.74) is 1.96. The molecule has 0 unspecified atom stereocenters. The molecule has 2 heteroatoms. The minimum absolute atomic E-state index is 0.133. The second-order valence-electron chi connectivity index (χ2n) is 4.21. The maximum Gasteiger partial charge on any atom is 0.127 e. The molecule has 1 N–H and O–H groups in total. The molecular weight excluding hydrogens is 212 g/mol. The van der Waals surface area contributed by atoms with Crippen LogP contribution in [0.3, 0.4) is 0 Å². The van der Waals surface area contributed by atoms with Gasteiger partial charge in [0, 0.05) is 5.56 Å². The van der Waals surface area contributed by atoms with Gasteiger partial charge in [-0.25, -0.2) is 0 Å². The Kier molecular flexibility index (Phi) is 3.33. The summed E-state index contributed by atoms with van der Waals surface area (Å²) in [6.07, 6.45) is 0.133. The normalized spacial score (nSPS) is 10.5. The minimum Gasteiger partial charge on any atom is -0.508 e. The Labute approximate surface area is 101 Å². The van der Waals surface area contributed by atoms with Gasteiger partial charge in [-0.3, -0.25) is 0 Å². The van der Waals surface area contributed by atoms with E-state index in [1.54, 1.807) is 12.1 Å². The average molecular weight is 228 g/mol. The summed E-state index contributed by atoms with van der Waals surface area (Å²) in [6, 6.07) is 15.0. The van der Waals surface area contributed by atoms with Gasteiger partial charge >= 0.3 is 0 Å². The molecule has 0 aliphatic carbocycles. The molecule has 88 valence electrons. The van der Waals surface area contributed by atoms with E-state index in [0.717, 1.165) is 16.9 Å². The number of ether oxygens (including phenoxy) is 1. The van der Waals surface area contributed by atoms with Gasteiger partial charge in [-0.1, -0.05) is 30.3 Å². The molecule has 0 saturated heterocycles. The molecule has 0 bridgehead atoms. The summed E-state index contributed by atoms with van der Waals surface area (Å²) in [6.45, 7) is 4.00. The fraction of sp³-hybridized carbons (Fsp3) is 0.200. The standard InChI is InChI=1S/C15H16O2/c1-11(2)17-15-9-4-3-8-14(15)12-6-5-7-13(16)10-12/h3-11,16H,1-2H3. The van der Waals surface area contributed by atoms with E-state index in [1.165, 1.54) is 0 Å². The largest absolute Gasteiger partial charge is 0.508 e. The summed E-state index contributed by atoms with van der Waals surface area (Å²) < 4.78 is 5.76. The Morgan fingerprint density at radius 1 is 1.00 bits per heavy atom. The van der Waals surface area contributed by atoms with Gasteiger partial charge in [-0.05, 0) is 37.6 Å². The first-order chi connectivity index (χ1) is 8.16. The van der Waals surface area contributed by atoms with Gasteiger partial charge < -0.3 is 9.84 Å². The highest BCUT2D eigenvalue weighted by molar-refractivity contribution is 5.71. The van der Waals surface area contributed by atoms with Crippen LogP contribution in [0.2, 0.25) is 0 Å². The van der Waals surface area contributed by atoms with Crippen molar-refractivity contribution in [1.29, 1.82) is 0 Å². The van der Waals surface area contributed by atoms with Crippen LogP contribution in [0.15, 0.2) is 48.5 Å². The second kappa shape index (κ2) is 4.91. The molecule has 2 rings (SSSR count). The number of phenols is 1. The van der Waals surface area contributed by atoms with E-state index in [9.17, 15) is 5.11 Å². The van der Waals surface area contributed by atoms with Crippen LogP contribution in [-0.2, 0) is 0 Å². The van der Waals surface area contributed by atoms with Crippen molar-refractivity contribution in [2.45, 2.75) is 20.0 Å². The van der Waals surface area contributed by atoms with E-state index in [0.29, 0.717) is 0 Å². The molecule has 2 aromatic rings. The zero-order chi connectivity index (χ0) is 12.3. The van der Waals surface area contributed by atoms with Crippen LogP contribution in [-0.4, -0.2) is 11.2 Å². The van der Waals surface area contributed by atoms with Crippen LogP contribution in [0.5, 0.6) is 11.5 Å². The number of hydrogen-bond acceptors (Lipinski definition) is 2. The van der Waals surface area contributed by atoms with Crippen molar-refractivity contribution in [2.24, 2.45) is 0 Å². The lowest BCUT2D eigenvalue weighted by Gasteiger charge is -2.14. The van der Waals surface area contributed by atoms with E-state index in [1.807, 2.05) is 50.2 Å².